The predicted molar refractivity (Wildman–Crippen MR) is 130 cm³/mol. The van der Waals surface area contributed by atoms with Crippen LogP contribution in [0.15, 0.2) is 79.1 Å². The van der Waals surface area contributed by atoms with Crippen molar-refractivity contribution in [2.24, 2.45) is 7.05 Å². The molecule has 0 aliphatic rings. The van der Waals surface area contributed by atoms with Crippen LogP contribution in [0.25, 0.3) is 11.3 Å². The van der Waals surface area contributed by atoms with Crippen LogP contribution in [0.3, 0.4) is 0 Å². The van der Waals surface area contributed by atoms with Gasteiger partial charge in [-0.3, -0.25) is 9.48 Å². The first-order chi connectivity index (χ1) is 16.5. The molecule has 0 aliphatic heterocycles. The Balaban J connectivity index is 1.46. The zero-order chi connectivity index (χ0) is 23.9. The average molecular weight is 452 g/mol. The third kappa shape index (κ3) is 5.52. The fraction of sp³-hybridized carbons (Fsp3) is 0.192. The number of carbonyl (C=O) groups excluding carboxylic acids is 1. The molecule has 0 saturated heterocycles. The number of amides is 1. The van der Waals surface area contributed by atoms with E-state index < -0.39 is 6.04 Å². The van der Waals surface area contributed by atoms with Gasteiger partial charge in [0, 0.05) is 25.4 Å². The van der Waals surface area contributed by atoms with Gasteiger partial charge in [-0.05, 0) is 41.3 Å². The van der Waals surface area contributed by atoms with Gasteiger partial charge in [0.15, 0.2) is 0 Å². The van der Waals surface area contributed by atoms with Crippen molar-refractivity contribution in [3.8, 4) is 17.3 Å². The maximum atomic E-state index is 13.2. The lowest BCUT2D eigenvalue weighted by atomic mass is 9.98. The summed E-state index contributed by atoms with van der Waals surface area (Å²) in [5.74, 6) is 0.412. The molecule has 34 heavy (non-hydrogen) atoms. The van der Waals surface area contributed by atoms with Crippen molar-refractivity contribution < 1.29 is 4.79 Å². The Morgan fingerprint density at radius 2 is 1.82 bits per heavy atom. The molecule has 2 atom stereocenters. The minimum atomic E-state index is -0.552. The van der Waals surface area contributed by atoms with Gasteiger partial charge in [0.05, 0.1) is 17.8 Å². The number of hydrogen-bond acceptors (Lipinski definition) is 6. The molecule has 0 spiro atoms. The van der Waals surface area contributed by atoms with E-state index in [1.54, 1.807) is 30.2 Å². The van der Waals surface area contributed by atoms with Crippen LogP contribution in [-0.4, -0.2) is 32.4 Å². The Morgan fingerprint density at radius 1 is 1.06 bits per heavy atom. The molecule has 2 aromatic heterocycles. The molecular formula is C26H25N7O. The number of rotatable bonds is 8. The number of aryl methyl sites for hydroxylation is 1. The number of nitriles is 1. The first-order valence-electron chi connectivity index (χ1n) is 11.0. The van der Waals surface area contributed by atoms with E-state index in [0.29, 0.717) is 23.6 Å². The van der Waals surface area contributed by atoms with Gasteiger partial charge < -0.3 is 10.6 Å². The van der Waals surface area contributed by atoms with Crippen molar-refractivity contribution in [3.05, 3.63) is 95.8 Å². The highest BCUT2D eigenvalue weighted by molar-refractivity contribution is 5.94. The molecule has 0 saturated carbocycles. The van der Waals surface area contributed by atoms with Crippen molar-refractivity contribution >= 4 is 11.7 Å². The van der Waals surface area contributed by atoms with Crippen LogP contribution in [-0.2, 0) is 11.8 Å². The Hall–Kier alpha value is -4.35. The van der Waals surface area contributed by atoms with Crippen LogP contribution in [0.2, 0.25) is 0 Å². The lowest BCUT2D eigenvalue weighted by molar-refractivity contribution is -0.118. The van der Waals surface area contributed by atoms with Gasteiger partial charge in [0.1, 0.15) is 17.6 Å². The molecule has 0 bridgehead atoms. The van der Waals surface area contributed by atoms with Crippen molar-refractivity contribution in [3.63, 3.8) is 0 Å². The molecule has 0 unspecified atom stereocenters. The second-order valence-corrected chi connectivity index (χ2v) is 8.09. The van der Waals surface area contributed by atoms with Gasteiger partial charge in [-0.1, -0.05) is 54.6 Å². The average Bonchev–Trinajstić information content (AvgIpc) is 3.31. The number of anilines is 1. The summed E-state index contributed by atoms with van der Waals surface area (Å²) in [7, 11) is 1.80. The summed E-state index contributed by atoms with van der Waals surface area (Å²) in [5.41, 5.74) is 4.13. The molecule has 0 radical (unpaired) electrons. The van der Waals surface area contributed by atoms with Crippen molar-refractivity contribution in [2.75, 3.05) is 11.9 Å². The molecule has 4 rings (SSSR count). The first-order valence-corrected chi connectivity index (χ1v) is 11.0. The van der Waals surface area contributed by atoms with E-state index in [2.05, 4.69) is 38.9 Å². The molecular weight excluding hydrogens is 426 g/mol. The van der Waals surface area contributed by atoms with Crippen LogP contribution in [0.1, 0.15) is 35.6 Å². The molecule has 8 nitrogen and oxygen atoms in total. The second-order valence-electron chi connectivity index (χ2n) is 8.09. The molecule has 1 amide bonds. The first kappa shape index (κ1) is 22.8. The van der Waals surface area contributed by atoms with Gasteiger partial charge >= 0.3 is 0 Å². The van der Waals surface area contributed by atoms with E-state index in [0.717, 1.165) is 16.7 Å². The van der Waals surface area contributed by atoms with Gasteiger partial charge in [-0.25, -0.2) is 4.98 Å². The number of nitrogens with zero attached hydrogens (tertiary/aromatic N) is 5. The lowest BCUT2D eigenvalue weighted by Gasteiger charge is -2.21. The molecule has 2 heterocycles. The van der Waals surface area contributed by atoms with Crippen LogP contribution < -0.4 is 10.6 Å². The van der Waals surface area contributed by atoms with Gasteiger partial charge in [0.25, 0.3) is 0 Å². The number of hydrogen-bond donors (Lipinski definition) is 2. The van der Waals surface area contributed by atoms with E-state index in [1.807, 2.05) is 60.7 Å². The number of aromatic nitrogens is 4. The van der Waals surface area contributed by atoms with Gasteiger partial charge in [-0.2, -0.15) is 5.26 Å². The summed E-state index contributed by atoms with van der Waals surface area (Å²) in [5, 5.41) is 23.3. The minimum Gasteiger partial charge on any atom is -0.309 e. The van der Waals surface area contributed by atoms with E-state index in [9.17, 15) is 4.79 Å². The molecule has 2 N–H and O–H groups in total. The molecule has 4 aromatic rings. The minimum absolute atomic E-state index is 0.149. The predicted octanol–water partition coefficient (Wildman–Crippen LogP) is 3.82. The SMILES string of the molecule is C[C@H](CN[C@@H](C(=O)Nc1ccc(-c2cn(C)nn2)cn1)c1ccccc1)c1ccc(C#N)cc1. The van der Waals surface area contributed by atoms with Crippen molar-refractivity contribution in [2.45, 2.75) is 18.9 Å². The molecule has 170 valence electrons. The molecule has 0 fully saturated rings. The van der Waals surface area contributed by atoms with E-state index in [-0.39, 0.29) is 11.8 Å². The van der Waals surface area contributed by atoms with Crippen LogP contribution >= 0.6 is 0 Å². The number of nitrogens with one attached hydrogen (secondary N) is 2. The van der Waals surface area contributed by atoms with E-state index in [4.69, 9.17) is 5.26 Å². The Labute approximate surface area is 198 Å². The quantitative estimate of drug-likeness (QED) is 0.422. The van der Waals surface area contributed by atoms with Crippen LogP contribution in [0.5, 0.6) is 0 Å². The van der Waals surface area contributed by atoms with E-state index >= 15 is 0 Å². The third-order valence-corrected chi connectivity index (χ3v) is 5.55. The fourth-order valence-corrected chi connectivity index (χ4v) is 3.60. The number of benzene rings is 2. The normalized spacial score (nSPS) is 12.5. The zero-order valence-electron chi connectivity index (χ0n) is 19.0. The third-order valence-electron chi connectivity index (χ3n) is 5.55. The van der Waals surface area contributed by atoms with E-state index in [1.165, 1.54) is 0 Å². The number of pyridine rings is 1. The highest BCUT2D eigenvalue weighted by Gasteiger charge is 2.22. The van der Waals surface area contributed by atoms with Gasteiger partial charge in [0.2, 0.25) is 5.91 Å². The Kier molecular flexibility index (Phi) is 7.06. The zero-order valence-corrected chi connectivity index (χ0v) is 19.0. The number of carbonyl (C=O) groups is 1. The Morgan fingerprint density at radius 3 is 2.44 bits per heavy atom. The summed E-state index contributed by atoms with van der Waals surface area (Å²) in [6.07, 6.45) is 3.47. The summed E-state index contributed by atoms with van der Waals surface area (Å²) in [6, 6.07) is 22.3. The Bertz CT molecular complexity index is 1280. The highest BCUT2D eigenvalue weighted by Crippen LogP contribution is 2.21. The maximum absolute atomic E-state index is 13.2. The van der Waals surface area contributed by atoms with Crippen LogP contribution in [0.4, 0.5) is 5.82 Å². The maximum Gasteiger partial charge on any atom is 0.247 e. The van der Waals surface area contributed by atoms with Crippen LogP contribution in [0, 0.1) is 11.3 Å². The van der Waals surface area contributed by atoms with Crippen molar-refractivity contribution in [1.82, 2.24) is 25.3 Å². The highest BCUT2D eigenvalue weighted by atomic mass is 16.2. The standard InChI is InChI=1S/C26H25N7O/c1-18(20-10-8-19(14-27)9-11-20)15-29-25(21-6-4-3-5-7-21)26(34)30-24-13-12-22(16-28-24)23-17-33(2)32-31-23/h3-13,16-18,25,29H,15H2,1-2H3,(H,28,30,34)/t18-,25-/m1/s1. The van der Waals surface area contributed by atoms with Crippen molar-refractivity contribution in [1.29, 1.82) is 5.26 Å². The monoisotopic (exact) mass is 451 g/mol. The molecule has 2 aromatic carbocycles. The summed E-state index contributed by atoms with van der Waals surface area (Å²) in [6.45, 7) is 2.67. The second kappa shape index (κ2) is 10.5. The largest absolute Gasteiger partial charge is 0.309 e. The lowest BCUT2D eigenvalue weighted by Crippen LogP contribution is -2.35. The fourth-order valence-electron chi connectivity index (χ4n) is 3.60. The smallest absolute Gasteiger partial charge is 0.247 e. The molecule has 0 aliphatic carbocycles. The summed E-state index contributed by atoms with van der Waals surface area (Å²) in [4.78, 5) is 17.6. The molecule has 8 heteroatoms. The summed E-state index contributed by atoms with van der Waals surface area (Å²) < 4.78 is 1.63. The van der Waals surface area contributed by atoms with Gasteiger partial charge in [-0.15, -0.1) is 5.10 Å². The summed E-state index contributed by atoms with van der Waals surface area (Å²) >= 11 is 0. The topological polar surface area (TPSA) is 109 Å².